The number of rotatable bonds is 4. The molecule has 7 heteroatoms. The van der Waals surface area contributed by atoms with Crippen LogP contribution in [0.15, 0.2) is 47.5 Å². The summed E-state index contributed by atoms with van der Waals surface area (Å²) >= 11 is 0. The minimum absolute atomic E-state index is 0.0319. The van der Waals surface area contributed by atoms with Gasteiger partial charge in [0.2, 0.25) is 0 Å². The fourth-order valence-electron chi connectivity index (χ4n) is 1.90. The minimum Gasteiger partial charge on any atom is -0.370 e. The van der Waals surface area contributed by atoms with Crippen LogP contribution in [0.1, 0.15) is 23.9 Å². The van der Waals surface area contributed by atoms with Gasteiger partial charge in [-0.15, -0.1) is 0 Å². The van der Waals surface area contributed by atoms with Crippen molar-refractivity contribution < 1.29 is 13.2 Å². The van der Waals surface area contributed by atoms with Crippen LogP contribution in [0.25, 0.3) is 0 Å². The number of aromatic nitrogens is 1. The van der Waals surface area contributed by atoms with E-state index in [1.54, 1.807) is 0 Å². The van der Waals surface area contributed by atoms with Crippen molar-refractivity contribution in [3.63, 3.8) is 0 Å². The van der Waals surface area contributed by atoms with Gasteiger partial charge in [-0.25, -0.2) is 9.98 Å². The topological polar surface area (TPSA) is 63.3 Å². The van der Waals surface area contributed by atoms with Crippen LogP contribution in [-0.4, -0.2) is 10.9 Å². The van der Waals surface area contributed by atoms with Gasteiger partial charge in [0.05, 0.1) is 12.2 Å². The van der Waals surface area contributed by atoms with Crippen LogP contribution in [0.2, 0.25) is 0 Å². The van der Waals surface area contributed by atoms with Crippen LogP contribution < -0.4 is 11.1 Å². The summed E-state index contributed by atoms with van der Waals surface area (Å²) in [5.41, 5.74) is 6.96. The molecule has 0 saturated carbocycles. The van der Waals surface area contributed by atoms with Crippen molar-refractivity contribution in [3.05, 3.63) is 59.4 Å². The molecule has 0 fully saturated rings. The average Bonchev–Trinajstić information content (AvgIpc) is 2.53. The van der Waals surface area contributed by atoms with Gasteiger partial charge in [-0.2, -0.15) is 13.2 Å². The van der Waals surface area contributed by atoms with Crippen molar-refractivity contribution in [2.24, 2.45) is 10.7 Å². The molecule has 1 aromatic heterocycles. The average molecular weight is 322 g/mol. The Labute approximate surface area is 132 Å². The molecule has 0 unspecified atom stereocenters. The molecule has 0 radical (unpaired) electrons. The Morgan fingerprint density at radius 3 is 2.48 bits per heavy atom. The number of benzene rings is 1. The zero-order chi connectivity index (χ0) is 16.9. The number of anilines is 1. The molecule has 0 aliphatic carbocycles. The van der Waals surface area contributed by atoms with Gasteiger partial charge in [0, 0.05) is 5.69 Å². The third-order valence-electron chi connectivity index (χ3n) is 3.14. The first kappa shape index (κ1) is 16.8. The lowest BCUT2D eigenvalue weighted by Crippen LogP contribution is -2.22. The van der Waals surface area contributed by atoms with E-state index in [4.69, 9.17) is 5.73 Å². The van der Waals surface area contributed by atoms with Crippen molar-refractivity contribution in [3.8, 4) is 0 Å². The molecule has 122 valence electrons. The summed E-state index contributed by atoms with van der Waals surface area (Å²) in [5, 5.41) is 2.89. The highest BCUT2D eigenvalue weighted by Gasteiger charge is 2.32. The Morgan fingerprint density at radius 1 is 1.17 bits per heavy atom. The summed E-state index contributed by atoms with van der Waals surface area (Å²) in [4.78, 5) is 7.54. The molecule has 1 aromatic carbocycles. The lowest BCUT2D eigenvalue weighted by molar-refractivity contribution is -0.141. The Morgan fingerprint density at radius 2 is 1.87 bits per heavy atom. The monoisotopic (exact) mass is 322 g/mol. The van der Waals surface area contributed by atoms with Crippen LogP contribution in [0.4, 0.5) is 18.9 Å². The Balaban J connectivity index is 2.01. The molecule has 0 atom stereocenters. The van der Waals surface area contributed by atoms with Crippen LogP contribution in [0.5, 0.6) is 0 Å². The van der Waals surface area contributed by atoms with E-state index in [-0.39, 0.29) is 18.2 Å². The quantitative estimate of drug-likeness (QED) is 0.668. The summed E-state index contributed by atoms with van der Waals surface area (Å²) in [6.45, 7) is 2.02. The number of aliphatic imine (C=N–C) groups is 1. The summed E-state index contributed by atoms with van der Waals surface area (Å²) in [6, 6.07) is 11.3. The predicted octanol–water partition coefficient (Wildman–Crippen LogP) is 3.59. The molecule has 0 aliphatic heterocycles. The maximum Gasteiger partial charge on any atom is 0.433 e. The fraction of sp³-hybridized carbons (Fsp3) is 0.250. The summed E-state index contributed by atoms with van der Waals surface area (Å²) in [7, 11) is 0. The molecular weight excluding hydrogens is 305 g/mol. The van der Waals surface area contributed by atoms with Gasteiger partial charge in [0.25, 0.3) is 0 Å². The van der Waals surface area contributed by atoms with Gasteiger partial charge in [0.15, 0.2) is 5.96 Å². The minimum atomic E-state index is -4.47. The van der Waals surface area contributed by atoms with Crippen LogP contribution in [0, 0.1) is 0 Å². The second kappa shape index (κ2) is 7.13. The number of halogens is 3. The number of aryl methyl sites for hydroxylation is 1. The number of alkyl halides is 3. The van der Waals surface area contributed by atoms with E-state index in [2.05, 4.69) is 22.2 Å². The molecule has 2 aromatic rings. The fourth-order valence-corrected chi connectivity index (χ4v) is 1.90. The third kappa shape index (κ3) is 4.98. The van der Waals surface area contributed by atoms with Crippen LogP contribution in [-0.2, 0) is 19.1 Å². The molecule has 2 rings (SSSR count). The molecule has 0 amide bonds. The third-order valence-corrected chi connectivity index (χ3v) is 3.14. The number of nitrogens with zero attached hydrogens (tertiary/aromatic N) is 2. The van der Waals surface area contributed by atoms with Gasteiger partial charge < -0.3 is 11.1 Å². The molecule has 1 heterocycles. The van der Waals surface area contributed by atoms with E-state index in [1.807, 2.05) is 24.3 Å². The first-order valence-corrected chi connectivity index (χ1v) is 7.07. The van der Waals surface area contributed by atoms with Crippen LogP contribution in [0.3, 0.4) is 0 Å². The standard InChI is InChI=1S/C16H17F3N4/c1-2-11-6-8-12(9-7-11)23-15(20)21-10-13-4-3-5-14(22-13)16(17,18)19/h3-9H,2,10H2,1H3,(H3,20,21,23). The molecule has 0 spiro atoms. The van der Waals surface area contributed by atoms with Crippen molar-refractivity contribution in [2.75, 3.05) is 5.32 Å². The van der Waals surface area contributed by atoms with Crippen molar-refractivity contribution in [1.82, 2.24) is 4.98 Å². The van der Waals surface area contributed by atoms with Crippen molar-refractivity contribution in [1.29, 1.82) is 0 Å². The number of guanidine groups is 1. The first-order chi connectivity index (χ1) is 10.9. The highest BCUT2D eigenvalue weighted by atomic mass is 19.4. The number of hydrogen-bond acceptors (Lipinski definition) is 2. The highest BCUT2D eigenvalue weighted by molar-refractivity contribution is 5.92. The summed E-state index contributed by atoms with van der Waals surface area (Å²) in [6.07, 6.45) is -3.53. The molecule has 3 N–H and O–H groups in total. The van der Waals surface area contributed by atoms with E-state index in [0.717, 1.165) is 18.2 Å². The second-order valence-corrected chi connectivity index (χ2v) is 4.89. The van der Waals surface area contributed by atoms with E-state index in [9.17, 15) is 13.2 Å². The van der Waals surface area contributed by atoms with Gasteiger partial charge in [-0.05, 0) is 36.2 Å². The van der Waals surface area contributed by atoms with E-state index in [1.165, 1.54) is 17.7 Å². The number of nitrogens with one attached hydrogen (secondary N) is 1. The number of nitrogens with two attached hydrogens (primary N) is 1. The Bertz CT molecular complexity index is 678. The molecule has 4 nitrogen and oxygen atoms in total. The second-order valence-electron chi connectivity index (χ2n) is 4.89. The van der Waals surface area contributed by atoms with E-state index in [0.29, 0.717) is 0 Å². The zero-order valence-electron chi connectivity index (χ0n) is 12.6. The van der Waals surface area contributed by atoms with Crippen LogP contribution >= 0.6 is 0 Å². The molecule has 0 bridgehead atoms. The number of pyridine rings is 1. The SMILES string of the molecule is CCc1ccc(NC(N)=NCc2cccc(C(F)(F)F)n2)cc1. The summed E-state index contributed by atoms with van der Waals surface area (Å²) in [5.74, 6) is 0.119. The Kier molecular flexibility index (Phi) is 5.20. The van der Waals surface area contributed by atoms with Gasteiger partial charge in [0.1, 0.15) is 5.69 Å². The predicted molar refractivity (Wildman–Crippen MR) is 84.0 cm³/mol. The number of hydrogen-bond donors (Lipinski definition) is 2. The normalized spacial score (nSPS) is 12.3. The smallest absolute Gasteiger partial charge is 0.370 e. The zero-order valence-corrected chi connectivity index (χ0v) is 12.6. The summed E-state index contributed by atoms with van der Waals surface area (Å²) < 4.78 is 37.7. The highest BCUT2D eigenvalue weighted by Crippen LogP contribution is 2.27. The maximum absolute atomic E-state index is 12.6. The largest absolute Gasteiger partial charge is 0.433 e. The van der Waals surface area contributed by atoms with Gasteiger partial charge in [-0.3, -0.25) is 0 Å². The van der Waals surface area contributed by atoms with Crippen molar-refractivity contribution in [2.45, 2.75) is 26.1 Å². The molecular formula is C16H17F3N4. The van der Waals surface area contributed by atoms with Crippen molar-refractivity contribution >= 4 is 11.6 Å². The lowest BCUT2D eigenvalue weighted by atomic mass is 10.1. The first-order valence-electron chi connectivity index (χ1n) is 7.07. The van der Waals surface area contributed by atoms with E-state index >= 15 is 0 Å². The lowest BCUT2D eigenvalue weighted by Gasteiger charge is -2.08. The molecule has 0 saturated heterocycles. The Hall–Kier alpha value is -2.57. The molecule has 23 heavy (non-hydrogen) atoms. The molecule has 0 aliphatic rings. The van der Waals surface area contributed by atoms with Gasteiger partial charge >= 0.3 is 6.18 Å². The maximum atomic E-state index is 12.6. The van der Waals surface area contributed by atoms with Gasteiger partial charge in [-0.1, -0.05) is 25.1 Å². The van der Waals surface area contributed by atoms with E-state index < -0.39 is 11.9 Å².